The number of thiazole rings is 1. The van der Waals surface area contributed by atoms with E-state index >= 15 is 0 Å². The summed E-state index contributed by atoms with van der Waals surface area (Å²) in [6.07, 6.45) is 4.95. The van der Waals surface area contributed by atoms with Gasteiger partial charge in [0.15, 0.2) is 5.13 Å². The number of hydrogen-bond acceptors (Lipinski definition) is 6. The summed E-state index contributed by atoms with van der Waals surface area (Å²) in [5.41, 5.74) is 1.10. The van der Waals surface area contributed by atoms with Gasteiger partial charge in [-0.15, -0.1) is 11.3 Å². The lowest BCUT2D eigenvalue weighted by Crippen LogP contribution is -2.52. The fraction of sp³-hybridized carbons (Fsp3) is 0.444. The minimum atomic E-state index is -0.247. The van der Waals surface area contributed by atoms with E-state index in [0.717, 1.165) is 43.9 Å². The van der Waals surface area contributed by atoms with Gasteiger partial charge in [0.05, 0.1) is 12.2 Å². The first-order valence-electron chi connectivity index (χ1n) is 9.16. The van der Waals surface area contributed by atoms with Gasteiger partial charge in [-0.2, -0.15) is 0 Å². The summed E-state index contributed by atoms with van der Waals surface area (Å²) in [4.78, 5) is 38.3. The number of carbonyl (C=O) groups excluding carboxylic acids is 2. The Bertz CT molecular complexity index is 795. The van der Waals surface area contributed by atoms with Crippen LogP contribution >= 0.6 is 11.3 Å². The van der Waals surface area contributed by atoms with Gasteiger partial charge in [0, 0.05) is 37.3 Å². The molecule has 4 rings (SSSR count). The quantitative estimate of drug-likeness (QED) is 0.831. The number of piperazine rings is 1. The molecule has 0 atom stereocenters. The zero-order chi connectivity index (χ0) is 18.6. The van der Waals surface area contributed by atoms with Gasteiger partial charge in [-0.3, -0.25) is 4.79 Å². The van der Waals surface area contributed by atoms with E-state index in [4.69, 9.17) is 0 Å². The topological polar surface area (TPSA) is 90.5 Å². The van der Waals surface area contributed by atoms with E-state index in [0.29, 0.717) is 18.2 Å². The summed E-state index contributed by atoms with van der Waals surface area (Å²) >= 11 is 1.53. The number of nitrogens with zero attached hydrogens (tertiary/aromatic N) is 4. The van der Waals surface area contributed by atoms with Gasteiger partial charge in [0.25, 0.3) is 0 Å². The van der Waals surface area contributed by atoms with Crippen LogP contribution in [-0.2, 0) is 17.6 Å². The van der Waals surface area contributed by atoms with Crippen molar-refractivity contribution in [3.63, 3.8) is 0 Å². The SMILES string of the molecule is O=C(CNC(=O)N1CCN(c2ccccn2)CC1)Nc1nc2c(s1)CCC2. The van der Waals surface area contributed by atoms with E-state index in [-0.39, 0.29) is 18.5 Å². The first-order chi connectivity index (χ1) is 13.2. The number of anilines is 2. The van der Waals surface area contributed by atoms with Gasteiger partial charge in [-0.25, -0.2) is 14.8 Å². The number of pyridine rings is 1. The Morgan fingerprint density at radius 1 is 1.15 bits per heavy atom. The summed E-state index contributed by atoms with van der Waals surface area (Å²) in [5, 5.41) is 6.10. The molecule has 1 saturated heterocycles. The molecule has 2 aromatic rings. The third kappa shape index (κ3) is 4.19. The van der Waals surface area contributed by atoms with Crippen LogP contribution in [0.3, 0.4) is 0 Å². The van der Waals surface area contributed by atoms with Crippen LogP contribution in [0.2, 0.25) is 0 Å². The van der Waals surface area contributed by atoms with Crippen LogP contribution in [0.4, 0.5) is 15.7 Å². The molecule has 0 radical (unpaired) electrons. The summed E-state index contributed by atoms with van der Waals surface area (Å²) in [6.45, 7) is 2.60. The molecule has 0 saturated carbocycles. The molecular formula is C18H22N6O2S. The molecule has 0 spiro atoms. The van der Waals surface area contributed by atoms with Crippen molar-refractivity contribution < 1.29 is 9.59 Å². The smallest absolute Gasteiger partial charge is 0.317 e. The van der Waals surface area contributed by atoms with Gasteiger partial charge < -0.3 is 20.4 Å². The van der Waals surface area contributed by atoms with Gasteiger partial charge in [-0.1, -0.05) is 6.07 Å². The van der Waals surface area contributed by atoms with Crippen molar-refractivity contribution in [3.8, 4) is 0 Å². The predicted octanol–water partition coefficient (Wildman–Crippen LogP) is 1.50. The number of aryl methyl sites for hydroxylation is 2. The first kappa shape index (κ1) is 17.7. The highest BCUT2D eigenvalue weighted by Crippen LogP contribution is 2.30. The highest BCUT2D eigenvalue weighted by molar-refractivity contribution is 7.15. The highest BCUT2D eigenvalue weighted by Gasteiger charge is 2.22. The lowest BCUT2D eigenvalue weighted by atomic mass is 10.3. The van der Waals surface area contributed by atoms with Crippen molar-refractivity contribution in [2.24, 2.45) is 0 Å². The van der Waals surface area contributed by atoms with Crippen LogP contribution in [0.25, 0.3) is 0 Å². The molecule has 142 valence electrons. The summed E-state index contributed by atoms with van der Waals surface area (Å²) in [5.74, 6) is 0.676. The molecule has 3 heterocycles. The van der Waals surface area contributed by atoms with Crippen LogP contribution in [0.1, 0.15) is 17.0 Å². The van der Waals surface area contributed by atoms with E-state index in [1.807, 2.05) is 18.2 Å². The molecule has 0 bridgehead atoms. The van der Waals surface area contributed by atoms with Gasteiger partial charge in [-0.05, 0) is 31.4 Å². The Kier molecular flexibility index (Phi) is 5.19. The normalized spacial score (nSPS) is 16.1. The summed E-state index contributed by atoms with van der Waals surface area (Å²) < 4.78 is 0. The van der Waals surface area contributed by atoms with Crippen LogP contribution in [0, 0.1) is 0 Å². The Labute approximate surface area is 161 Å². The van der Waals surface area contributed by atoms with E-state index in [9.17, 15) is 9.59 Å². The van der Waals surface area contributed by atoms with E-state index in [1.165, 1.54) is 16.2 Å². The number of carbonyl (C=O) groups is 2. The zero-order valence-corrected chi connectivity index (χ0v) is 15.8. The molecule has 1 fully saturated rings. The highest BCUT2D eigenvalue weighted by atomic mass is 32.1. The Hall–Kier alpha value is -2.68. The van der Waals surface area contributed by atoms with Gasteiger partial charge >= 0.3 is 6.03 Å². The molecule has 8 nitrogen and oxygen atoms in total. The number of fused-ring (bicyclic) bond motifs is 1. The molecule has 9 heteroatoms. The molecule has 0 aromatic carbocycles. The van der Waals surface area contributed by atoms with Crippen molar-refractivity contribution in [3.05, 3.63) is 35.0 Å². The minimum Gasteiger partial charge on any atom is -0.353 e. The number of rotatable bonds is 4. The fourth-order valence-electron chi connectivity index (χ4n) is 3.35. The Morgan fingerprint density at radius 2 is 2.00 bits per heavy atom. The minimum absolute atomic E-state index is 0.0520. The summed E-state index contributed by atoms with van der Waals surface area (Å²) in [6, 6.07) is 5.59. The second-order valence-corrected chi connectivity index (χ2v) is 7.69. The number of nitrogens with one attached hydrogen (secondary N) is 2. The largest absolute Gasteiger partial charge is 0.353 e. The third-order valence-electron chi connectivity index (χ3n) is 4.78. The van der Waals surface area contributed by atoms with Crippen molar-refractivity contribution >= 4 is 34.2 Å². The standard InChI is InChI=1S/C18H22N6O2S/c25-16(22-17-21-13-4-3-5-14(13)27-17)12-20-18(26)24-10-8-23(9-11-24)15-6-1-2-7-19-15/h1-2,6-7H,3-5,8-12H2,(H,20,26)(H,21,22,25). The number of amides is 3. The molecule has 27 heavy (non-hydrogen) atoms. The monoisotopic (exact) mass is 386 g/mol. The Balaban J connectivity index is 1.21. The second kappa shape index (κ2) is 7.91. The van der Waals surface area contributed by atoms with Crippen molar-refractivity contribution in [2.75, 3.05) is 42.9 Å². The van der Waals surface area contributed by atoms with E-state index in [2.05, 4.69) is 25.5 Å². The Morgan fingerprint density at radius 3 is 2.74 bits per heavy atom. The van der Waals surface area contributed by atoms with Crippen LogP contribution in [0.5, 0.6) is 0 Å². The molecule has 3 amide bonds. The van der Waals surface area contributed by atoms with Crippen molar-refractivity contribution in [2.45, 2.75) is 19.3 Å². The molecule has 2 aliphatic rings. The van der Waals surface area contributed by atoms with Crippen molar-refractivity contribution in [1.29, 1.82) is 0 Å². The average Bonchev–Trinajstić information content (AvgIpc) is 3.28. The third-order valence-corrected chi connectivity index (χ3v) is 5.86. The van der Waals surface area contributed by atoms with Gasteiger partial charge in [0.2, 0.25) is 5.91 Å². The fourth-order valence-corrected chi connectivity index (χ4v) is 4.42. The molecule has 1 aliphatic carbocycles. The lowest BCUT2D eigenvalue weighted by molar-refractivity contribution is -0.115. The molecule has 2 aromatic heterocycles. The molecule has 1 aliphatic heterocycles. The maximum absolute atomic E-state index is 12.3. The first-order valence-corrected chi connectivity index (χ1v) is 9.98. The van der Waals surface area contributed by atoms with Crippen molar-refractivity contribution in [1.82, 2.24) is 20.2 Å². The molecule has 2 N–H and O–H groups in total. The number of aromatic nitrogens is 2. The maximum atomic E-state index is 12.3. The number of hydrogen-bond donors (Lipinski definition) is 2. The summed E-state index contributed by atoms with van der Waals surface area (Å²) in [7, 11) is 0. The van der Waals surface area contributed by atoms with Gasteiger partial charge in [0.1, 0.15) is 5.82 Å². The lowest BCUT2D eigenvalue weighted by Gasteiger charge is -2.35. The van der Waals surface area contributed by atoms with Crippen LogP contribution in [-0.4, -0.2) is 59.5 Å². The van der Waals surface area contributed by atoms with Crippen LogP contribution in [0.15, 0.2) is 24.4 Å². The maximum Gasteiger partial charge on any atom is 0.317 e. The average molecular weight is 386 g/mol. The zero-order valence-electron chi connectivity index (χ0n) is 15.0. The molecule has 0 unspecified atom stereocenters. The van der Waals surface area contributed by atoms with E-state index < -0.39 is 0 Å². The van der Waals surface area contributed by atoms with Crippen LogP contribution < -0.4 is 15.5 Å². The number of urea groups is 1. The molecular weight excluding hydrogens is 364 g/mol. The second-order valence-electron chi connectivity index (χ2n) is 6.61. The predicted molar refractivity (Wildman–Crippen MR) is 104 cm³/mol. The van der Waals surface area contributed by atoms with E-state index in [1.54, 1.807) is 11.1 Å².